The SMILES string of the molecule is C/C=C(/C(=O)C(C)(C)C)c1nc(-c2cccc(N3CCn4c(nnc4C(F)(F)F)C3)c2)cnc1C(C)C. The molecule has 0 amide bonds. The number of ketones is 1. The van der Waals surface area contributed by atoms with Gasteiger partial charge in [0, 0.05) is 35.3 Å². The Balaban J connectivity index is 1.69. The maximum absolute atomic E-state index is 13.2. The van der Waals surface area contributed by atoms with E-state index in [9.17, 15) is 18.0 Å². The average Bonchev–Trinajstić information content (AvgIpc) is 3.28. The topological polar surface area (TPSA) is 76.8 Å². The molecule has 0 bridgehead atoms. The molecule has 0 saturated heterocycles. The molecule has 3 heterocycles. The van der Waals surface area contributed by atoms with Crippen LogP contribution in [0.2, 0.25) is 0 Å². The second kappa shape index (κ2) is 9.72. The largest absolute Gasteiger partial charge is 0.451 e. The summed E-state index contributed by atoms with van der Waals surface area (Å²) in [7, 11) is 0. The third-order valence-corrected chi connectivity index (χ3v) is 6.33. The fourth-order valence-corrected chi connectivity index (χ4v) is 4.39. The van der Waals surface area contributed by atoms with Crippen molar-refractivity contribution in [2.24, 2.45) is 5.41 Å². The van der Waals surface area contributed by atoms with E-state index in [0.29, 0.717) is 23.5 Å². The second-order valence-corrected chi connectivity index (χ2v) is 10.5. The van der Waals surface area contributed by atoms with Crippen molar-refractivity contribution < 1.29 is 18.0 Å². The molecule has 0 N–H and O–H groups in total. The van der Waals surface area contributed by atoms with Crippen molar-refractivity contribution in [3.63, 3.8) is 0 Å². The zero-order valence-electron chi connectivity index (χ0n) is 21.9. The number of Topliss-reactive ketones (excluding diaryl/α,β-unsaturated/α-hetero) is 1. The van der Waals surface area contributed by atoms with Crippen LogP contribution in [0.15, 0.2) is 36.5 Å². The molecular weight excluding hydrogens is 481 g/mol. The van der Waals surface area contributed by atoms with Crippen molar-refractivity contribution in [3.8, 4) is 11.3 Å². The van der Waals surface area contributed by atoms with Crippen LogP contribution in [0.25, 0.3) is 16.8 Å². The number of aromatic nitrogens is 5. The Kier molecular flexibility index (Phi) is 6.96. The van der Waals surface area contributed by atoms with E-state index in [0.717, 1.165) is 21.5 Å². The number of halogens is 3. The number of rotatable bonds is 5. The predicted octanol–water partition coefficient (Wildman–Crippen LogP) is 5.92. The Bertz CT molecular complexity index is 1350. The molecule has 2 aromatic heterocycles. The van der Waals surface area contributed by atoms with Gasteiger partial charge in [-0.15, -0.1) is 10.2 Å². The van der Waals surface area contributed by atoms with Crippen molar-refractivity contribution in [2.75, 3.05) is 11.4 Å². The molecule has 0 aliphatic carbocycles. The lowest BCUT2D eigenvalue weighted by Gasteiger charge is -2.30. The van der Waals surface area contributed by atoms with E-state index in [1.165, 1.54) is 0 Å². The number of carbonyl (C=O) groups is 1. The Morgan fingerprint density at radius 3 is 2.46 bits per heavy atom. The highest BCUT2D eigenvalue weighted by atomic mass is 19.4. The van der Waals surface area contributed by atoms with Gasteiger partial charge in [0.1, 0.15) is 0 Å². The molecule has 4 rings (SSSR count). The van der Waals surface area contributed by atoms with Crippen LogP contribution in [0.1, 0.15) is 70.5 Å². The molecule has 0 spiro atoms. The van der Waals surface area contributed by atoms with E-state index in [4.69, 9.17) is 4.98 Å². The van der Waals surface area contributed by atoms with Crippen LogP contribution >= 0.6 is 0 Å². The lowest BCUT2D eigenvalue weighted by Crippen LogP contribution is -2.35. The third-order valence-electron chi connectivity index (χ3n) is 6.33. The van der Waals surface area contributed by atoms with E-state index in [1.807, 2.05) is 70.7 Å². The average molecular weight is 513 g/mol. The van der Waals surface area contributed by atoms with E-state index in [1.54, 1.807) is 12.3 Å². The van der Waals surface area contributed by atoms with Crippen molar-refractivity contribution in [1.82, 2.24) is 24.7 Å². The highest BCUT2D eigenvalue weighted by molar-refractivity contribution is 6.22. The number of benzene rings is 1. The Morgan fingerprint density at radius 1 is 1.11 bits per heavy atom. The summed E-state index contributed by atoms with van der Waals surface area (Å²) >= 11 is 0. The summed E-state index contributed by atoms with van der Waals surface area (Å²) in [5.74, 6) is -0.634. The van der Waals surface area contributed by atoms with Gasteiger partial charge in [0.15, 0.2) is 11.6 Å². The van der Waals surface area contributed by atoms with Gasteiger partial charge in [-0.1, -0.05) is 52.8 Å². The quantitative estimate of drug-likeness (QED) is 0.395. The van der Waals surface area contributed by atoms with E-state index >= 15 is 0 Å². The zero-order chi connectivity index (χ0) is 27.1. The summed E-state index contributed by atoms with van der Waals surface area (Å²) in [6.07, 6.45) is -1.04. The third kappa shape index (κ3) is 5.28. The molecular formula is C27H31F3N6O. The molecule has 0 atom stereocenters. The molecule has 37 heavy (non-hydrogen) atoms. The van der Waals surface area contributed by atoms with Gasteiger partial charge < -0.3 is 9.47 Å². The summed E-state index contributed by atoms with van der Waals surface area (Å²) in [5, 5.41) is 7.13. The van der Waals surface area contributed by atoms with Crippen molar-refractivity contribution >= 4 is 17.0 Å². The minimum Gasteiger partial charge on any atom is -0.362 e. The van der Waals surface area contributed by atoms with Crippen LogP contribution in [-0.2, 0) is 24.1 Å². The van der Waals surface area contributed by atoms with E-state index in [-0.39, 0.29) is 30.6 Å². The number of carbonyl (C=O) groups excluding carboxylic acids is 1. The molecule has 1 aliphatic heterocycles. The maximum atomic E-state index is 13.2. The fourth-order valence-electron chi connectivity index (χ4n) is 4.39. The summed E-state index contributed by atoms with van der Waals surface area (Å²) in [6.45, 7) is 12.2. The first kappa shape index (κ1) is 26.5. The summed E-state index contributed by atoms with van der Waals surface area (Å²) in [4.78, 5) is 24.8. The highest BCUT2D eigenvalue weighted by Crippen LogP contribution is 2.33. The molecule has 0 radical (unpaired) electrons. The fraction of sp³-hybridized carbons (Fsp3) is 0.444. The number of hydrogen-bond acceptors (Lipinski definition) is 6. The molecule has 3 aromatic rings. The molecule has 10 heteroatoms. The minimum absolute atomic E-state index is 0.00671. The first-order chi connectivity index (χ1) is 17.3. The first-order valence-corrected chi connectivity index (χ1v) is 12.2. The standard InChI is InChI=1S/C27H31F3N6O/c1-7-19(24(37)26(4,5)6)23-22(16(2)3)31-14-20(32-23)17-9-8-10-18(13-17)35-11-12-36-21(15-35)33-34-25(36)27(28,29)30/h7-10,13-14,16H,11-12,15H2,1-6H3/b19-7+. The Labute approximate surface area is 214 Å². The van der Waals surface area contributed by atoms with Crippen molar-refractivity contribution in [1.29, 1.82) is 0 Å². The van der Waals surface area contributed by atoms with Crippen molar-refractivity contribution in [2.45, 2.75) is 66.7 Å². The monoisotopic (exact) mass is 512 g/mol. The summed E-state index contributed by atoms with van der Waals surface area (Å²) in [5.41, 5.74) is 3.53. The van der Waals surface area contributed by atoms with Gasteiger partial charge >= 0.3 is 6.18 Å². The molecule has 1 aliphatic rings. The van der Waals surface area contributed by atoms with Crippen LogP contribution in [0, 0.1) is 5.41 Å². The molecule has 7 nitrogen and oxygen atoms in total. The lowest BCUT2D eigenvalue weighted by molar-refractivity contribution is -0.147. The molecule has 1 aromatic carbocycles. The summed E-state index contributed by atoms with van der Waals surface area (Å²) in [6, 6.07) is 7.61. The summed E-state index contributed by atoms with van der Waals surface area (Å²) < 4.78 is 40.7. The van der Waals surface area contributed by atoms with Gasteiger partial charge in [-0.2, -0.15) is 13.2 Å². The first-order valence-electron chi connectivity index (χ1n) is 12.2. The van der Waals surface area contributed by atoms with Crippen LogP contribution in [0.4, 0.5) is 18.9 Å². The normalized spacial score (nSPS) is 14.8. The van der Waals surface area contributed by atoms with Gasteiger partial charge in [-0.05, 0) is 25.0 Å². The number of allylic oxidation sites excluding steroid dienone is 2. The van der Waals surface area contributed by atoms with Gasteiger partial charge in [0.05, 0.1) is 29.8 Å². The second-order valence-electron chi connectivity index (χ2n) is 10.5. The van der Waals surface area contributed by atoms with E-state index < -0.39 is 17.4 Å². The molecule has 0 saturated carbocycles. The van der Waals surface area contributed by atoms with E-state index in [2.05, 4.69) is 15.2 Å². The smallest absolute Gasteiger partial charge is 0.362 e. The van der Waals surface area contributed by atoms with Gasteiger partial charge in [0.2, 0.25) is 5.82 Å². The maximum Gasteiger partial charge on any atom is 0.451 e. The number of alkyl halides is 3. The molecule has 196 valence electrons. The highest BCUT2D eigenvalue weighted by Gasteiger charge is 2.39. The minimum atomic E-state index is -4.54. The van der Waals surface area contributed by atoms with Crippen LogP contribution in [0.3, 0.4) is 0 Å². The van der Waals surface area contributed by atoms with Crippen LogP contribution in [0.5, 0.6) is 0 Å². The van der Waals surface area contributed by atoms with Gasteiger partial charge in [-0.25, -0.2) is 4.98 Å². The number of fused-ring (bicyclic) bond motifs is 1. The molecule has 0 fully saturated rings. The Morgan fingerprint density at radius 2 is 1.84 bits per heavy atom. The Hall–Kier alpha value is -3.56. The van der Waals surface area contributed by atoms with Crippen LogP contribution in [-0.4, -0.2) is 37.1 Å². The van der Waals surface area contributed by atoms with Gasteiger partial charge in [-0.3, -0.25) is 9.78 Å². The van der Waals surface area contributed by atoms with Crippen LogP contribution < -0.4 is 4.90 Å². The number of nitrogens with zero attached hydrogens (tertiary/aromatic N) is 6. The number of hydrogen-bond donors (Lipinski definition) is 0. The lowest BCUT2D eigenvalue weighted by atomic mass is 9.84. The van der Waals surface area contributed by atoms with Gasteiger partial charge in [0.25, 0.3) is 0 Å². The molecule has 0 unspecified atom stereocenters. The zero-order valence-corrected chi connectivity index (χ0v) is 21.9. The predicted molar refractivity (Wildman–Crippen MR) is 136 cm³/mol. The van der Waals surface area contributed by atoms with Crippen molar-refractivity contribution in [3.05, 3.63) is 59.6 Å². The number of anilines is 1.